The van der Waals surface area contributed by atoms with Gasteiger partial charge >= 0.3 is 0 Å². The molecule has 146 valence electrons. The van der Waals surface area contributed by atoms with Crippen LogP contribution in [0.2, 0.25) is 0 Å². The van der Waals surface area contributed by atoms with Gasteiger partial charge in [-0.1, -0.05) is 35.9 Å². The van der Waals surface area contributed by atoms with Crippen molar-refractivity contribution >= 4 is 23.2 Å². The smallest absolute Gasteiger partial charge is 0.259 e. The number of amides is 2. The highest BCUT2D eigenvalue weighted by molar-refractivity contribution is 6.09. The molecule has 4 rings (SSSR count). The number of fused-ring (bicyclic) bond motifs is 1. The van der Waals surface area contributed by atoms with E-state index < -0.39 is 0 Å². The molecular formula is C24H23N3O2. The lowest BCUT2D eigenvalue weighted by atomic mass is 10.0. The number of carbonyl (C=O) groups excluding carboxylic acids is 2. The molecule has 2 amide bonds. The minimum Gasteiger partial charge on any atom is -0.322 e. The maximum atomic E-state index is 13.1. The Labute approximate surface area is 170 Å². The van der Waals surface area contributed by atoms with Gasteiger partial charge in [-0.05, 0) is 56.0 Å². The molecule has 0 fully saturated rings. The first-order valence-corrected chi connectivity index (χ1v) is 9.76. The topological polar surface area (TPSA) is 62.3 Å². The standard InChI is InChI=1S/C24H23N3O2/c1-16-9-10-21(17(2)12-16)26-23(28)19-13-20(15-25-14-19)24(29)27-11-5-7-18-6-3-4-8-22(18)27/h3-4,6,8-10,12-15H,5,7,11H2,1-2H3,(H,26,28). The van der Waals surface area contributed by atoms with E-state index in [1.54, 1.807) is 11.0 Å². The number of hydrogen-bond donors (Lipinski definition) is 1. The number of aromatic nitrogens is 1. The summed E-state index contributed by atoms with van der Waals surface area (Å²) in [4.78, 5) is 31.8. The molecule has 0 saturated heterocycles. The average Bonchev–Trinajstić information content (AvgIpc) is 2.75. The largest absolute Gasteiger partial charge is 0.322 e. The van der Waals surface area contributed by atoms with Gasteiger partial charge in [0, 0.05) is 30.3 Å². The van der Waals surface area contributed by atoms with Gasteiger partial charge in [0.25, 0.3) is 11.8 Å². The van der Waals surface area contributed by atoms with Crippen molar-refractivity contribution in [2.45, 2.75) is 26.7 Å². The van der Waals surface area contributed by atoms with Crippen molar-refractivity contribution in [1.29, 1.82) is 0 Å². The maximum absolute atomic E-state index is 13.1. The van der Waals surface area contributed by atoms with Crippen molar-refractivity contribution in [1.82, 2.24) is 4.98 Å². The highest BCUT2D eigenvalue weighted by Crippen LogP contribution is 2.28. The van der Waals surface area contributed by atoms with E-state index in [1.807, 2.05) is 50.2 Å². The second-order valence-corrected chi connectivity index (χ2v) is 7.42. The summed E-state index contributed by atoms with van der Waals surface area (Å²) >= 11 is 0. The fourth-order valence-corrected chi connectivity index (χ4v) is 3.73. The van der Waals surface area contributed by atoms with Crippen molar-refractivity contribution in [3.8, 4) is 0 Å². The molecule has 2 aromatic carbocycles. The first kappa shape index (κ1) is 18.9. The number of aryl methyl sites for hydroxylation is 3. The Morgan fingerprint density at radius 2 is 1.79 bits per heavy atom. The Bertz CT molecular complexity index is 1090. The molecule has 0 aliphatic carbocycles. The summed E-state index contributed by atoms with van der Waals surface area (Å²) in [6, 6.07) is 15.4. The Hall–Kier alpha value is -3.47. The third kappa shape index (κ3) is 3.90. The molecule has 1 aliphatic heterocycles. The van der Waals surface area contributed by atoms with E-state index in [0.717, 1.165) is 35.3 Å². The van der Waals surface area contributed by atoms with Gasteiger partial charge < -0.3 is 10.2 Å². The number of nitrogens with zero attached hydrogens (tertiary/aromatic N) is 2. The predicted octanol–water partition coefficient (Wildman–Crippen LogP) is 4.54. The summed E-state index contributed by atoms with van der Waals surface area (Å²) in [6.07, 6.45) is 4.90. The highest BCUT2D eigenvalue weighted by atomic mass is 16.2. The number of anilines is 2. The number of benzene rings is 2. The van der Waals surface area contributed by atoms with Gasteiger partial charge in [0.15, 0.2) is 0 Å². The highest BCUT2D eigenvalue weighted by Gasteiger charge is 2.24. The first-order chi connectivity index (χ1) is 14.0. The van der Waals surface area contributed by atoms with E-state index in [4.69, 9.17) is 0 Å². The van der Waals surface area contributed by atoms with Crippen LogP contribution in [0.3, 0.4) is 0 Å². The lowest BCUT2D eigenvalue weighted by Crippen LogP contribution is -2.35. The Morgan fingerprint density at radius 3 is 2.62 bits per heavy atom. The number of rotatable bonds is 3. The molecule has 0 saturated carbocycles. The van der Waals surface area contributed by atoms with Crippen molar-refractivity contribution in [2.75, 3.05) is 16.8 Å². The molecule has 0 atom stereocenters. The molecule has 5 nitrogen and oxygen atoms in total. The summed E-state index contributed by atoms with van der Waals surface area (Å²) in [5.74, 6) is -0.413. The SMILES string of the molecule is Cc1ccc(NC(=O)c2cncc(C(=O)N3CCCc4ccccc43)c2)c(C)c1. The summed E-state index contributed by atoms with van der Waals surface area (Å²) in [6.45, 7) is 4.62. The normalized spacial score (nSPS) is 13.0. The molecule has 0 bridgehead atoms. The van der Waals surface area contributed by atoms with E-state index in [9.17, 15) is 9.59 Å². The lowest BCUT2D eigenvalue weighted by Gasteiger charge is -2.29. The maximum Gasteiger partial charge on any atom is 0.259 e. The molecule has 1 aliphatic rings. The molecule has 29 heavy (non-hydrogen) atoms. The van der Waals surface area contributed by atoms with Crippen molar-refractivity contribution in [3.05, 3.63) is 88.7 Å². The third-order valence-electron chi connectivity index (χ3n) is 5.23. The van der Waals surface area contributed by atoms with Crippen LogP contribution in [0.25, 0.3) is 0 Å². The zero-order valence-corrected chi connectivity index (χ0v) is 16.6. The van der Waals surface area contributed by atoms with Gasteiger partial charge in [-0.25, -0.2) is 0 Å². The molecule has 0 radical (unpaired) electrons. The molecule has 0 spiro atoms. The Balaban J connectivity index is 1.57. The molecule has 2 heterocycles. The number of para-hydroxylation sites is 1. The van der Waals surface area contributed by atoms with Crippen LogP contribution < -0.4 is 10.2 Å². The van der Waals surface area contributed by atoms with Crippen molar-refractivity contribution in [3.63, 3.8) is 0 Å². The van der Waals surface area contributed by atoms with E-state index in [-0.39, 0.29) is 11.8 Å². The molecule has 3 aromatic rings. The van der Waals surface area contributed by atoms with Crippen LogP contribution >= 0.6 is 0 Å². The summed E-state index contributed by atoms with van der Waals surface area (Å²) in [5.41, 5.74) is 5.76. The summed E-state index contributed by atoms with van der Waals surface area (Å²) in [5, 5.41) is 2.91. The monoisotopic (exact) mass is 385 g/mol. The zero-order valence-electron chi connectivity index (χ0n) is 16.6. The quantitative estimate of drug-likeness (QED) is 0.720. The minimum absolute atomic E-state index is 0.134. The fourth-order valence-electron chi connectivity index (χ4n) is 3.73. The second kappa shape index (κ2) is 7.87. The minimum atomic E-state index is -0.279. The number of hydrogen-bond acceptors (Lipinski definition) is 3. The Kier molecular flexibility index (Phi) is 5.12. The zero-order chi connectivity index (χ0) is 20.4. The van der Waals surface area contributed by atoms with Crippen LogP contribution in [0.15, 0.2) is 60.9 Å². The van der Waals surface area contributed by atoms with E-state index in [0.29, 0.717) is 17.7 Å². The Morgan fingerprint density at radius 1 is 1.00 bits per heavy atom. The van der Waals surface area contributed by atoms with E-state index in [2.05, 4.69) is 16.4 Å². The summed E-state index contributed by atoms with van der Waals surface area (Å²) < 4.78 is 0. The molecule has 5 heteroatoms. The predicted molar refractivity (Wildman–Crippen MR) is 115 cm³/mol. The first-order valence-electron chi connectivity index (χ1n) is 9.76. The van der Waals surface area contributed by atoms with Crippen LogP contribution in [-0.2, 0) is 6.42 Å². The van der Waals surface area contributed by atoms with E-state index in [1.165, 1.54) is 18.0 Å². The number of carbonyl (C=O) groups is 2. The van der Waals surface area contributed by atoms with Crippen molar-refractivity contribution in [2.24, 2.45) is 0 Å². The molecule has 1 N–H and O–H groups in total. The van der Waals surface area contributed by atoms with Gasteiger partial charge in [-0.15, -0.1) is 0 Å². The van der Waals surface area contributed by atoms with Crippen LogP contribution in [0, 0.1) is 13.8 Å². The van der Waals surface area contributed by atoms with Gasteiger partial charge in [0.1, 0.15) is 0 Å². The summed E-state index contributed by atoms with van der Waals surface area (Å²) in [7, 11) is 0. The number of nitrogens with one attached hydrogen (secondary N) is 1. The average molecular weight is 385 g/mol. The molecule has 0 unspecified atom stereocenters. The van der Waals surface area contributed by atoms with Gasteiger partial charge in [-0.3, -0.25) is 14.6 Å². The third-order valence-corrected chi connectivity index (χ3v) is 5.23. The van der Waals surface area contributed by atoms with Crippen LogP contribution in [0.1, 0.15) is 43.8 Å². The van der Waals surface area contributed by atoms with Crippen LogP contribution in [0.4, 0.5) is 11.4 Å². The fraction of sp³-hybridized carbons (Fsp3) is 0.208. The van der Waals surface area contributed by atoms with E-state index >= 15 is 0 Å². The van der Waals surface area contributed by atoms with Crippen molar-refractivity contribution < 1.29 is 9.59 Å². The van der Waals surface area contributed by atoms with Gasteiger partial charge in [-0.2, -0.15) is 0 Å². The number of pyridine rings is 1. The van der Waals surface area contributed by atoms with Gasteiger partial charge in [0.05, 0.1) is 11.1 Å². The second-order valence-electron chi connectivity index (χ2n) is 7.42. The lowest BCUT2D eigenvalue weighted by molar-refractivity contribution is 0.0984. The molecule has 1 aromatic heterocycles. The molecular weight excluding hydrogens is 362 g/mol. The van der Waals surface area contributed by atoms with Crippen LogP contribution in [-0.4, -0.2) is 23.3 Å². The van der Waals surface area contributed by atoms with Gasteiger partial charge in [0.2, 0.25) is 0 Å². The van der Waals surface area contributed by atoms with Crippen LogP contribution in [0.5, 0.6) is 0 Å².